The smallest absolute Gasteiger partial charge is 0.260 e. The molecule has 1 aromatic carbocycles. The van der Waals surface area contributed by atoms with Gasteiger partial charge in [0.25, 0.3) is 5.56 Å². The van der Waals surface area contributed by atoms with E-state index in [2.05, 4.69) is 51.7 Å². The third-order valence-electron chi connectivity index (χ3n) is 5.85. The van der Waals surface area contributed by atoms with E-state index in [0.29, 0.717) is 23.0 Å². The van der Waals surface area contributed by atoms with Gasteiger partial charge in [-0.3, -0.25) is 4.79 Å². The van der Waals surface area contributed by atoms with Crippen molar-refractivity contribution in [1.29, 1.82) is 0 Å². The molecule has 0 bridgehead atoms. The van der Waals surface area contributed by atoms with Gasteiger partial charge in [-0.15, -0.1) is 16.4 Å². The number of aryl methyl sites for hydroxylation is 2. The molecule has 1 N–H and O–H groups in total. The van der Waals surface area contributed by atoms with E-state index in [-0.39, 0.29) is 5.56 Å². The van der Waals surface area contributed by atoms with Crippen LogP contribution in [0.1, 0.15) is 54.4 Å². The highest BCUT2D eigenvalue weighted by Gasteiger charge is 2.21. The molecule has 9 heteroatoms. The van der Waals surface area contributed by atoms with Crippen molar-refractivity contribution < 1.29 is 0 Å². The van der Waals surface area contributed by atoms with Crippen molar-refractivity contribution in [1.82, 2.24) is 30.2 Å². The summed E-state index contributed by atoms with van der Waals surface area (Å²) in [6.45, 7) is 4.11. The third-order valence-corrected chi connectivity index (χ3v) is 7.79. The van der Waals surface area contributed by atoms with Gasteiger partial charge in [0.1, 0.15) is 10.7 Å². The highest BCUT2D eigenvalue weighted by molar-refractivity contribution is 7.98. The number of rotatable bonds is 5. The number of fused-ring (bicyclic) bond motifs is 1. The fraction of sp³-hybridized carbons (Fsp3) is 0.409. The zero-order valence-electron chi connectivity index (χ0n) is 17.6. The van der Waals surface area contributed by atoms with Crippen LogP contribution in [0.5, 0.6) is 0 Å². The minimum Gasteiger partial charge on any atom is -0.309 e. The van der Waals surface area contributed by atoms with Crippen molar-refractivity contribution in [2.24, 2.45) is 0 Å². The zero-order chi connectivity index (χ0) is 21.4. The fourth-order valence-electron chi connectivity index (χ4n) is 4.27. The van der Waals surface area contributed by atoms with Crippen LogP contribution in [0.15, 0.2) is 34.2 Å². The fourth-order valence-corrected chi connectivity index (χ4v) is 6.15. The molecule has 0 radical (unpaired) electrons. The topological polar surface area (TPSA) is 89.3 Å². The second-order valence-electron chi connectivity index (χ2n) is 8.08. The average molecular weight is 453 g/mol. The number of nitrogens with zero attached hydrogens (tertiary/aromatic N) is 5. The Morgan fingerprint density at radius 2 is 1.94 bits per heavy atom. The lowest BCUT2D eigenvalue weighted by molar-refractivity contribution is 0.307. The molecule has 0 aliphatic heterocycles. The second kappa shape index (κ2) is 8.55. The Morgan fingerprint density at radius 1 is 1.16 bits per heavy atom. The number of thiophene rings is 1. The molecular formula is C22H24N6OS2. The van der Waals surface area contributed by atoms with Gasteiger partial charge in [-0.1, -0.05) is 60.9 Å². The normalized spacial score (nSPS) is 15.0. The Labute approximate surface area is 188 Å². The molecule has 160 valence electrons. The lowest BCUT2D eigenvalue weighted by Crippen LogP contribution is -2.15. The minimum absolute atomic E-state index is 0.0904. The summed E-state index contributed by atoms with van der Waals surface area (Å²) in [6.07, 6.45) is 5.98. The lowest BCUT2D eigenvalue weighted by Gasteiger charge is -2.21. The van der Waals surface area contributed by atoms with E-state index in [1.165, 1.54) is 36.6 Å². The Bertz CT molecular complexity index is 1270. The number of hydrogen-bond donors (Lipinski definition) is 1. The predicted molar refractivity (Wildman–Crippen MR) is 125 cm³/mol. The number of nitrogens with one attached hydrogen (secondary N) is 1. The lowest BCUT2D eigenvalue weighted by atomic mass is 9.96. The van der Waals surface area contributed by atoms with Gasteiger partial charge in [-0.25, -0.2) is 9.67 Å². The van der Waals surface area contributed by atoms with Gasteiger partial charge < -0.3 is 4.98 Å². The van der Waals surface area contributed by atoms with Crippen LogP contribution in [0.4, 0.5) is 0 Å². The van der Waals surface area contributed by atoms with E-state index in [4.69, 9.17) is 4.98 Å². The van der Waals surface area contributed by atoms with Crippen molar-refractivity contribution >= 4 is 33.3 Å². The van der Waals surface area contributed by atoms with Crippen LogP contribution in [0.25, 0.3) is 21.3 Å². The molecule has 31 heavy (non-hydrogen) atoms. The molecule has 0 atom stereocenters. The van der Waals surface area contributed by atoms with Crippen molar-refractivity contribution in [3.8, 4) is 11.1 Å². The van der Waals surface area contributed by atoms with Gasteiger partial charge >= 0.3 is 0 Å². The Hall–Kier alpha value is -2.52. The molecule has 0 amide bonds. The molecule has 1 aliphatic rings. The summed E-state index contributed by atoms with van der Waals surface area (Å²) in [5, 5.41) is 13.8. The van der Waals surface area contributed by atoms with Crippen LogP contribution in [-0.4, -0.2) is 30.2 Å². The Kier molecular flexibility index (Phi) is 5.62. The van der Waals surface area contributed by atoms with Crippen LogP contribution in [-0.2, 0) is 5.75 Å². The van der Waals surface area contributed by atoms with E-state index in [0.717, 1.165) is 38.8 Å². The molecule has 0 spiro atoms. The minimum atomic E-state index is -0.0904. The maximum Gasteiger partial charge on any atom is 0.260 e. The highest BCUT2D eigenvalue weighted by Crippen LogP contribution is 2.36. The van der Waals surface area contributed by atoms with Gasteiger partial charge in [0, 0.05) is 10.4 Å². The summed E-state index contributed by atoms with van der Waals surface area (Å²) in [6, 6.07) is 8.65. The number of aromatic nitrogens is 6. The van der Waals surface area contributed by atoms with Crippen molar-refractivity contribution in [3.63, 3.8) is 0 Å². The number of thioether (sulfide) groups is 1. The number of H-pyrrole nitrogens is 1. The summed E-state index contributed by atoms with van der Waals surface area (Å²) in [5.74, 6) is 1.17. The molecule has 1 aliphatic carbocycles. The molecule has 5 rings (SSSR count). The van der Waals surface area contributed by atoms with E-state index < -0.39 is 0 Å². The SMILES string of the molecule is Cc1ccc(-c2c(C)sc3nc(CSc4nnnn4C4CCCCC4)[nH]c(=O)c23)cc1. The maximum absolute atomic E-state index is 13.0. The van der Waals surface area contributed by atoms with Crippen LogP contribution >= 0.6 is 23.1 Å². The third kappa shape index (κ3) is 4.04. The van der Waals surface area contributed by atoms with Gasteiger partial charge in [0.15, 0.2) is 0 Å². The van der Waals surface area contributed by atoms with Gasteiger partial charge in [0.2, 0.25) is 5.16 Å². The number of benzene rings is 1. The van der Waals surface area contributed by atoms with Gasteiger partial charge in [-0.2, -0.15) is 0 Å². The first kappa shape index (κ1) is 20.4. The Balaban J connectivity index is 1.42. The molecule has 1 saturated carbocycles. The molecule has 3 heterocycles. The number of hydrogen-bond acceptors (Lipinski definition) is 7. The first-order valence-electron chi connectivity index (χ1n) is 10.6. The van der Waals surface area contributed by atoms with Crippen LogP contribution < -0.4 is 5.56 Å². The van der Waals surface area contributed by atoms with Crippen molar-refractivity contribution in [2.75, 3.05) is 0 Å². The van der Waals surface area contributed by atoms with Crippen molar-refractivity contribution in [3.05, 3.63) is 50.9 Å². The number of tetrazole rings is 1. The highest BCUT2D eigenvalue weighted by atomic mass is 32.2. The average Bonchev–Trinajstić information content (AvgIpc) is 3.37. The summed E-state index contributed by atoms with van der Waals surface area (Å²) in [4.78, 5) is 22.6. The monoisotopic (exact) mass is 452 g/mol. The van der Waals surface area contributed by atoms with E-state index in [1.807, 2.05) is 11.6 Å². The molecule has 3 aromatic heterocycles. The molecule has 1 fully saturated rings. The standard InChI is InChI=1S/C22H24N6OS2/c1-13-8-10-15(11-9-13)18-14(2)31-21-19(18)20(29)23-17(24-21)12-30-22-25-26-27-28(22)16-6-4-3-5-7-16/h8-11,16H,3-7,12H2,1-2H3,(H,23,24,29). The quantitative estimate of drug-likeness (QED) is 0.426. The largest absolute Gasteiger partial charge is 0.309 e. The first-order valence-corrected chi connectivity index (χ1v) is 12.4. The van der Waals surface area contributed by atoms with Gasteiger partial charge in [-0.05, 0) is 42.7 Å². The molecule has 4 aromatic rings. The van der Waals surface area contributed by atoms with Gasteiger partial charge in [0.05, 0.1) is 17.2 Å². The van der Waals surface area contributed by atoms with Crippen LogP contribution in [0.2, 0.25) is 0 Å². The molecule has 0 unspecified atom stereocenters. The second-order valence-corrected chi connectivity index (χ2v) is 10.2. The van der Waals surface area contributed by atoms with E-state index in [9.17, 15) is 4.79 Å². The van der Waals surface area contributed by atoms with Crippen LogP contribution in [0.3, 0.4) is 0 Å². The summed E-state index contributed by atoms with van der Waals surface area (Å²) in [5.41, 5.74) is 3.14. The van der Waals surface area contributed by atoms with Crippen LogP contribution in [0, 0.1) is 13.8 Å². The number of aromatic amines is 1. The van der Waals surface area contributed by atoms with E-state index in [1.54, 1.807) is 11.3 Å². The molecule has 7 nitrogen and oxygen atoms in total. The predicted octanol–water partition coefficient (Wildman–Crippen LogP) is 5.05. The molecular weight excluding hydrogens is 428 g/mol. The summed E-state index contributed by atoms with van der Waals surface area (Å²) >= 11 is 3.09. The summed E-state index contributed by atoms with van der Waals surface area (Å²) < 4.78 is 1.95. The summed E-state index contributed by atoms with van der Waals surface area (Å²) in [7, 11) is 0. The zero-order valence-corrected chi connectivity index (χ0v) is 19.2. The molecule has 0 saturated heterocycles. The maximum atomic E-state index is 13.0. The first-order chi connectivity index (χ1) is 15.1. The van der Waals surface area contributed by atoms with E-state index >= 15 is 0 Å². The Morgan fingerprint density at radius 3 is 2.71 bits per heavy atom. The van der Waals surface area contributed by atoms with Crippen molar-refractivity contribution in [2.45, 2.75) is 62.9 Å².